The van der Waals surface area contributed by atoms with Crippen molar-refractivity contribution < 1.29 is 36.2 Å². The lowest BCUT2D eigenvalue weighted by Crippen LogP contribution is -2.20. The molecule has 0 aromatic heterocycles. The van der Waals surface area contributed by atoms with Gasteiger partial charge in [0.2, 0.25) is 0 Å². The first-order chi connectivity index (χ1) is 9.24. The van der Waals surface area contributed by atoms with Gasteiger partial charge in [-0.25, -0.2) is 0 Å². The molecule has 1 rings (SSSR count). The minimum atomic E-state index is -5.13. The Bertz CT molecular complexity index is 476. The molecule has 9 heteroatoms. The average molecular weight is 363 g/mol. The second kappa shape index (κ2) is 6.87. The summed E-state index contributed by atoms with van der Waals surface area (Å²) < 4.78 is 68.8. The third-order valence-electron chi connectivity index (χ3n) is 2.03. The maximum Gasteiger partial charge on any atom is 0.573 e. The summed E-state index contributed by atoms with van der Waals surface area (Å²) in [6.45, 7) is -3.34. The van der Waals surface area contributed by atoms with Gasteiger partial charge in [0.1, 0.15) is 0 Å². The van der Waals surface area contributed by atoms with Gasteiger partial charge >= 0.3 is 13.0 Å². The van der Waals surface area contributed by atoms with E-state index in [1.807, 2.05) is 0 Å². The normalized spacial score (nSPS) is 11.6. The summed E-state index contributed by atoms with van der Waals surface area (Å²) in [7, 11) is 0. The van der Waals surface area contributed by atoms with Crippen LogP contribution in [0.4, 0.5) is 22.0 Å². The van der Waals surface area contributed by atoms with Gasteiger partial charge in [-0.05, 0) is 12.1 Å². The molecule has 3 nitrogen and oxygen atoms in total. The van der Waals surface area contributed by atoms with E-state index >= 15 is 0 Å². The summed E-state index contributed by atoms with van der Waals surface area (Å²) in [6, 6.07) is 3.03. The molecule has 0 aliphatic heterocycles. The van der Waals surface area contributed by atoms with Gasteiger partial charge < -0.3 is 9.47 Å². The Balaban J connectivity index is 3.24. The number of alkyl halides is 6. The SMILES string of the molecule is O=C(CCBr)c1cccc(OC(F)F)c1OC(F)(F)F. The van der Waals surface area contributed by atoms with Gasteiger partial charge in [0.25, 0.3) is 0 Å². The molecule has 0 aliphatic rings. The van der Waals surface area contributed by atoms with Crippen LogP contribution in [0.1, 0.15) is 16.8 Å². The molecule has 0 bridgehead atoms. The molecule has 0 saturated heterocycles. The molecule has 0 atom stereocenters. The first-order valence-corrected chi connectivity index (χ1v) is 6.29. The zero-order chi connectivity index (χ0) is 15.3. The van der Waals surface area contributed by atoms with E-state index in [2.05, 4.69) is 25.4 Å². The number of hydrogen-bond acceptors (Lipinski definition) is 3. The molecule has 0 radical (unpaired) electrons. The van der Waals surface area contributed by atoms with Gasteiger partial charge in [0.15, 0.2) is 17.3 Å². The third-order valence-corrected chi connectivity index (χ3v) is 2.43. The van der Waals surface area contributed by atoms with Crippen molar-refractivity contribution in [2.45, 2.75) is 19.4 Å². The fourth-order valence-electron chi connectivity index (χ4n) is 1.37. The van der Waals surface area contributed by atoms with Crippen LogP contribution in [0.2, 0.25) is 0 Å². The van der Waals surface area contributed by atoms with Gasteiger partial charge in [0, 0.05) is 11.8 Å². The highest BCUT2D eigenvalue weighted by Crippen LogP contribution is 2.37. The zero-order valence-corrected chi connectivity index (χ0v) is 11.3. The van der Waals surface area contributed by atoms with E-state index in [0.717, 1.165) is 18.2 Å². The van der Waals surface area contributed by atoms with Crippen molar-refractivity contribution in [3.63, 3.8) is 0 Å². The van der Waals surface area contributed by atoms with Crippen molar-refractivity contribution in [3.8, 4) is 11.5 Å². The Morgan fingerprint density at radius 3 is 2.45 bits per heavy atom. The molecule has 0 saturated carbocycles. The number of para-hydroxylation sites is 1. The summed E-state index contributed by atoms with van der Waals surface area (Å²) in [4.78, 5) is 11.7. The topological polar surface area (TPSA) is 35.5 Å². The monoisotopic (exact) mass is 362 g/mol. The summed E-state index contributed by atoms with van der Waals surface area (Å²) in [6.07, 6.45) is -5.25. The van der Waals surface area contributed by atoms with Crippen LogP contribution in [0.3, 0.4) is 0 Å². The zero-order valence-electron chi connectivity index (χ0n) is 9.72. The predicted octanol–water partition coefficient (Wildman–Crippen LogP) is 4.15. The fraction of sp³-hybridized carbons (Fsp3) is 0.364. The van der Waals surface area contributed by atoms with E-state index in [4.69, 9.17) is 0 Å². The van der Waals surface area contributed by atoms with Crippen molar-refractivity contribution in [2.24, 2.45) is 0 Å². The van der Waals surface area contributed by atoms with E-state index in [1.165, 1.54) is 0 Å². The molecule has 0 unspecified atom stereocenters. The van der Waals surface area contributed by atoms with Gasteiger partial charge in [-0.1, -0.05) is 22.0 Å². The predicted molar refractivity (Wildman–Crippen MR) is 62.5 cm³/mol. The number of ketones is 1. The average Bonchev–Trinajstić information content (AvgIpc) is 2.29. The molecule has 0 spiro atoms. The number of ether oxygens (including phenoxy) is 2. The van der Waals surface area contributed by atoms with Crippen molar-refractivity contribution >= 4 is 21.7 Å². The van der Waals surface area contributed by atoms with Gasteiger partial charge in [-0.2, -0.15) is 8.78 Å². The van der Waals surface area contributed by atoms with Crippen LogP contribution in [0, 0.1) is 0 Å². The molecule has 1 aromatic rings. The van der Waals surface area contributed by atoms with Crippen LogP contribution in [-0.4, -0.2) is 24.1 Å². The Morgan fingerprint density at radius 1 is 1.30 bits per heavy atom. The molecule has 0 aliphatic carbocycles. The van der Waals surface area contributed by atoms with Gasteiger partial charge in [-0.15, -0.1) is 13.2 Å². The number of hydrogen-bond donors (Lipinski definition) is 0. The van der Waals surface area contributed by atoms with Gasteiger partial charge in [-0.3, -0.25) is 4.79 Å². The smallest absolute Gasteiger partial charge is 0.431 e. The quantitative estimate of drug-likeness (QED) is 0.433. The fourth-order valence-corrected chi connectivity index (χ4v) is 1.73. The Hall–Kier alpha value is -1.38. The molecule has 20 heavy (non-hydrogen) atoms. The largest absolute Gasteiger partial charge is 0.573 e. The number of benzene rings is 1. The van der Waals surface area contributed by atoms with Crippen molar-refractivity contribution in [1.29, 1.82) is 0 Å². The van der Waals surface area contributed by atoms with Crippen molar-refractivity contribution in [1.82, 2.24) is 0 Å². The number of carbonyl (C=O) groups is 1. The molecular formula is C11H8BrF5O3. The Labute approximate surface area is 118 Å². The second-order valence-corrected chi connectivity index (χ2v) is 4.21. The van der Waals surface area contributed by atoms with Crippen molar-refractivity contribution in [3.05, 3.63) is 23.8 Å². The Morgan fingerprint density at radius 2 is 1.95 bits per heavy atom. The highest BCUT2D eigenvalue weighted by atomic mass is 79.9. The molecule has 0 amide bonds. The lowest BCUT2D eigenvalue weighted by molar-refractivity contribution is -0.275. The summed E-state index contributed by atoms with van der Waals surface area (Å²) in [5.41, 5.74) is -0.472. The number of Topliss-reactive ketones (excluding diaryl/α,β-unsaturated/α-hetero) is 1. The molecule has 0 N–H and O–H groups in total. The highest BCUT2D eigenvalue weighted by molar-refractivity contribution is 9.09. The van der Waals surface area contributed by atoms with Crippen LogP contribution in [0.15, 0.2) is 18.2 Å². The van der Waals surface area contributed by atoms with E-state index in [-0.39, 0.29) is 11.8 Å². The number of rotatable bonds is 6. The maximum absolute atomic E-state index is 12.3. The minimum absolute atomic E-state index is 0.119. The summed E-state index contributed by atoms with van der Waals surface area (Å²) >= 11 is 2.96. The van der Waals surface area contributed by atoms with E-state index < -0.39 is 35.8 Å². The second-order valence-electron chi connectivity index (χ2n) is 3.42. The first-order valence-electron chi connectivity index (χ1n) is 5.17. The van der Waals surface area contributed by atoms with E-state index in [0.29, 0.717) is 0 Å². The van der Waals surface area contributed by atoms with Crippen molar-refractivity contribution in [2.75, 3.05) is 5.33 Å². The molecule has 0 fully saturated rings. The molecule has 112 valence electrons. The van der Waals surface area contributed by atoms with Crippen LogP contribution in [-0.2, 0) is 0 Å². The molecule has 0 heterocycles. The number of halogens is 6. The standard InChI is InChI=1S/C11H8BrF5O3/c12-5-4-7(18)6-2-1-3-8(19-10(13)14)9(6)20-11(15,16)17/h1-3,10H,4-5H2. The summed E-state index contributed by atoms with van der Waals surface area (Å²) in [5, 5.41) is 0.206. The summed E-state index contributed by atoms with van der Waals surface area (Å²) in [5.74, 6) is -2.61. The highest BCUT2D eigenvalue weighted by Gasteiger charge is 2.35. The maximum atomic E-state index is 12.3. The van der Waals surface area contributed by atoms with Gasteiger partial charge in [0.05, 0.1) is 5.56 Å². The van der Waals surface area contributed by atoms with Crippen LogP contribution in [0.25, 0.3) is 0 Å². The Kier molecular flexibility index (Phi) is 5.73. The number of carbonyl (C=O) groups excluding carboxylic acids is 1. The van der Waals surface area contributed by atoms with Crippen LogP contribution < -0.4 is 9.47 Å². The van der Waals surface area contributed by atoms with E-state index in [9.17, 15) is 26.7 Å². The lowest BCUT2D eigenvalue weighted by Gasteiger charge is -2.16. The first kappa shape index (κ1) is 16.7. The van der Waals surface area contributed by atoms with E-state index in [1.54, 1.807) is 0 Å². The molecular weight excluding hydrogens is 355 g/mol. The van der Waals surface area contributed by atoms with Crippen LogP contribution >= 0.6 is 15.9 Å². The third kappa shape index (κ3) is 4.95. The lowest BCUT2D eigenvalue weighted by atomic mass is 10.1. The van der Waals surface area contributed by atoms with Crippen LogP contribution in [0.5, 0.6) is 11.5 Å². The minimum Gasteiger partial charge on any atom is -0.431 e. The molecule has 1 aromatic carbocycles.